The van der Waals surface area contributed by atoms with Crippen LogP contribution in [0.15, 0.2) is 53.1 Å². The highest BCUT2D eigenvalue weighted by Crippen LogP contribution is 2.32. The van der Waals surface area contributed by atoms with Crippen molar-refractivity contribution < 1.29 is 27.2 Å². The Morgan fingerprint density at radius 3 is 2.53 bits per heavy atom. The molecule has 1 N–H and O–H groups in total. The molecule has 168 valence electrons. The molecule has 0 atom stereocenters. The van der Waals surface area contributed by atoms with Gasteiger partial charge in [-0.05, 0) is 55.3 Å². The van der Waals surface area contributed by atoms with E-state index in [2.05, 4.69) is 15.5 Å². The van der Waals surface area contributed by atoms with Crippen LogP contribution in [-0.2, 0) is 6.18 Å². The lowest BCUT2D eigenvalue weighted by molar-refractivity contribution is -0.137. The highest BCUT2D eigenvalue weighted by molar-refractivity contribution is 5.89. The smallest absolute Gasteiger partial charge is 0.416 e. The number of anilines is 1. The third-order valence-corrected chi connectivity index (χ3v) is 5.36. The predicted octanol–water partition coefficient (Wildman–Crippen LogP) is 5.18. The zero-order valence-electron chi connectivity index (χ0n) is 17.2. The number of hydrogen-bond donors (Lipinski definition) is 1. The second-order valence-electron chi connectivity index (χ2n) is 7.45. The minimum absolute atomic E-state index is 0.00658. The van der Waals surface area contributed by atoms with Crippen molar-refractivity contribution in [1.29, 1.82) is 0 Å². The molecule has 4 rings (SSSR count). The summed E-state index contributed by atoms with van der Waals surface area (Å²) in [5, 5.41) is 6.58. The summed E-state index contributed by atoms with van der Waals surface area (Å²) in [6, 6.07) is 11.4. The van der Waals surface area contributed by atoms with Crippen molar-refractivity contribution in [2.75, 3.05) is 25.5 Å². The van der Waals surface area contributed by atoms with E-state index in [1.165, 1.54) is 12.1 Å². The molecule has 1 aromatic heterocycles. The Kier molecular flexibility index (Phi) is 6.02. The van der Waals surface area contributed by atoms with Gasteiger partial charge in [-0.15, -0.1) is 0 Å². The number of benzene rings is 2. The van der Waals surface area contributed by atoms with Crippen molar-refractivity contribution in [3.8, 4) is 17.1 Å². The van der Waals surface area contributed by atoms with Gasteiger partial charge in [0.15, 0.2) is 0 Å². The number of hydrogen-bond acceptors (Lipinski definition) is 5. The average Bonchev–Trinajstić information content (AvgIpc) is 3.29. The van der Waals surface area contributed by atoms with E-state index in [0.717, 1.165) is 23.4 Å². The first kappa shape index (κ1) is 21.7. The molecule has 0 unspecified atom stereocenters. The summed E-state index contributed by atoms with van der Waals surface area (Å²) in [7, 11) is 1.59. The van der Waals surface area contributed by atoms with Crippen molar-refractivity contribution in [1.82, 2.24) is 15.0 Å². The molecule has 1 fully saturated rings. The number of carbonyl (C=O) groups is 1. The molecular weight excluding hydrogens is 425 g/mol. The third kappa shape index (κ3) is 4.84. The fourth-order valence-corrected chi connectivity index (χ4v) is 3.56. The number of alkyl halides is 3. The van der Waals surface area contributed by atoms with E-state index in [-0.39, 0.29) is 11.6 Å². The second-order valence-corrected chi connectivity index (χ2v) is 7.45. The van der Waals surface area contributed by atoms with E-state index in [1.807, 2.05) is 24.3 Å². The van der Waals surface area contributed by atoms with Crippen molar-refractivity contribution >= 4 is 11.7 Å². The molecule has 0 spiro atoms. The normalized spacial score (nSPS) is 14.9. The Morgan fingerprint density at radius 1 is 1.16 bits per heavy atom. The summed E-state index contributed by atoms with van der Waals surface area (Å²) < 4.78 is 49.2. The molecule has 2 heterocycles. The average molecular weight is 446 g/mol. The van der Waals surface area contributed by atoms with Crippen LogP contribution >= 0.6 is 0 Å². The molecule has 32 heavy (non-hydrogen) atoms. The Hall–Kier alpha value is -3.56. The van der Waals surface area contributed by atoms with Crippen molar-refractivity contribution in [2.24, 2.45) is 0 Å². The fraction of sp³-hybridized carbons (Fsp3) is 0.318. The van der Waals surface area contributed by atoms with Crippen LogP contribution < -0.4 is 10.1 Å². The van der Waals surface area contributed by atoms with Crippen LogP contribution in [0.5, 0.6) is 5.75 Å². The predicted molar refractivity (Wildman–Crippen MR) is 110 cm³/mol. The molecule has 2 amide bonds. The molecule has 1 aliphatic heterocycles. The maximum Gasteiger partial charge on any atom is 0.416 e. The minimum atomic E-state index is -4.46. The van der Waals surface area contributed by atoms with E-state index >= 15 is 0 Å². The number of halogens is 3. The van der Waals surface area contributed by atoms with Crippen LogP contribution in [0.25, 0.3) is 11.4 Å². The zero-order chi connectivity index (χ0) is 22.7. The summed E-state index contributed by atoms with van der Waals surface area (Å²) >= 11 is 0. The number of nitrogens with zero attached hydrogens (tertiary/aromatic N) is 3. The topological polar surface area (TPSA) is 80.5 Å². The van der Waals surface area contributed by atoms with Gasteiger partial charge in [-0.3, -0.25) is 0 Å². The molecule has 3 aromatic rings. The maximum absolute atomic E-state index is 12.9. The molecule has 0 saturated carbocycles. The Bertz CT molecular complexity index is 1070. The van der Waals surface area contributed by atoms with Crippen molar-refractivity contribution in [3.05, 3.63) is 60.0 Å². The largest absolute Gasteiger partial charge is 0.497 e. The molecule has 1 aliphatic rings. The number of ether oxygens (including phenoxy) is 1. The summed E-state index contributed by atoms with van der Waals surface area (Å²) in [5.41, 5.74) is 0.102. The number of amides is 2. The number of nitrogens with one attached hydrogen (secondary N) is 1. The Morgan fingerprint density at radius 2 is 1.88 bits per heavy atom. The molecule has 1 saturated heterocycles. The van der Waals surface area contributed by atoms with Gasteiger partial charge in [-0.2, -0.15) is 18.2 Å². The first-order valence-electron chi connectivity index (χ1n) is 10.0. The lowest BCUT2D eigenvalue weighted by Crippen LogP contribution is -2.40. The van der Waals surface area contributed by atoms with Crippen LogP contribution in [0.3, 0.4) is 0 Å². The van der Waals surface area contributed by atoms with Gasteiger partial charge < -0.3 is 19.5 Å². The van der Waals surface area contributed by atoms with Crippen LogP contribution in [-0.4, -0.2) is 41.3 Å². The number of urea groups is 1. The maximum atomic E-state index is 12.9. The molecule has 0 aliphatic carbocycles. The number of methoxy groups -OCH3 is 1. The quantitative estimate of drug-likeness (QED) is 0.598. The summed E-state index contributed by atoms with van der Waals surface area (Å²) in [4.78, 5) is 18.5. The van der Waals surface area contributed by atoms with E-state index in [9.17, 15) is 18.0 Å². The highest BCUT2D eigenvalue weighted by Gasteiger charge is 2.31. The summed E-state index contributed by atoms with van der Waals surface area (Å²) in [5.74, 6) is 1.72. The van der Waals surface area contributed by atoms with Gasteiger partial charge in [-0.25, -0.2) is 4.79 Å². The van der Waals surface area contributed by atoms with Crippen molar-refractivity contribution in [2.45, 2.75) is 24.9 Å². The van der Waals surface area contributed by atoms with Gasteiger partial charge in [-0.1, -0.05) is 11.2 Å². The monoisotopic (exact) mass is 446 g/mol. The van der Waals surface area contributed by atoms with E-state index in [0.29, 0.717) is 37.6 Å². The third-order valence-electron chi connectivity index (χ3n) is 5.36. The van der Waals surface area contributed by atoms with Gasteiger partial charge >= 0.3 is 12.2 Å². The first-order valence-corrected chi connectivity index (χ1v) is 10.0. The van der Waals surface area contributed by atoms with E-state index < -0.39 is 17.8 Å². The number of rotatable bonds is 4. The van der Waals surface area contributed by atoms with Crippen molar-refractivity contribution in [3.63, 3.8) is 0 Å². The standard InChI is InChI=1S/C22H21F3N4O3/c1-31-18-7-5-14(6-8-18)19-27-20(32-28-19)15-9-11-29(12-10-15)21(30)26-17-4-2-3-16(13-17)22(23,24)25/h2-8,13,15H,9-12H2,1H3,(H,26,30). The Balaban J connectivity index is 1.34. The van der Waals surface area contributed by atoms with Gasteiger partial charge in [0.2, 0.25) is 11.7 Å². The number of aromatic nitrogens is 2. The van der Waals surface area contributed by atoms with E-state index in [1.54, 1.807) is 12.0 Å². The van der Waals surface area contributed by atoms with Gasteiger partial charge in [0.1, 0.15) is 5.75 Å². The number of piperidine rings is 1. The summed E-state index contributed by atoms with van der Waals surface area (Å²) in [6.45, 7) is 0.853. The van der Waals surface area contributed by atoms with Crippen LogP contribution in [0.2, 0.25) is 0 Å². The van der Waals surface area contributed by atoms with Crippen LogP contribution in [0.1, 0.15) is 30.2 Å². The molecule has 0 bridgehead atoms. The van der Waals surface area contributed by atoms with Crippen LogP contribution in [0, 0.1) is 0 Å². The molecular formula is C22H21F3N4O3. The van der Waals surface area contributed by atoms with E-state index in [4.69, 9.17) is 9.26 Å². The highest BCUT2D eigenvalue weighted by atomic mass is 19.4. The lowest BCUT2D eigenvalue weighted by Gasteiger charge is -2.30. The molecule has 0 radical (unpaired) electrons. The lowest BCUT2D eigenvalue weighted by atomic mass is 9.97. The number of likely N-dealkylation sites (tertiary alicyclic amines) is 1. The zero-order valence-corrected chi connectivity index (χ0v) is 17.2. The minimum Gasteiger partial charge on any atom is -0.497 e. The molecule has 10 heteroatoms. The second kappa shape index (κ2) is 8.89. The Labute approximate surface area is 182 Å². The van der Waals surface area contributed by atoms with Gasteiger partial charge in [0, 0.05) is 30.3 Å². The summed E-state index contributed by atoms with van der Waals surface area (Å²) in [6.07, 6.45) is -3.24. The fourth-order valence-electron chi connectivity index (χ4n) is 3.56. The molecule has 2 aromatic carbocycles. The van der Waals surface area contributed by atoms with Gasteiger partial charge in [0.05, 0.1) is 12.7 Å². The first-order chi connectivity index (χ1) is 15.3. The SMILES string of the molecule is COc1ccc(-c2noc(C3CCN(C(=O)Nc4cccc(C(F)(F)F)c4)CC3)n2)cc1. The molecule has 7 nitrogen and oxygen atoms in total. The number of carbonyl (C=O) groups excluding carboxylic acids is 1. The van der Waals surface area contributed by atoms with Gasteiger partial charge in [0.25, 0.3) is 0 Å². The van der Waals surface area contributed by atoms with Crippen LogP contribution in [0.4, 0.5) is 23.7 Å².